The smallest absolute Gasteiger partial charge is 0.148 e. The maximum atomic E-state index is 13.2. The molecule has 0 bridgehead atoms. The van der Waals surface area contributed by atoms with Gasteiger partial charge in [0, 0.05) is 16.7 Å². The SMILES string of the molecule is Nc1ccc(NCc2ccccc2Br)cc1F. The average molecular weight is 295 g/mol. The Hall–Kier alpha value is -1.55. The van der Waals surface area contributed by atoms with Crippen molar-refractivity contribution in [1.29, 1.82) is 0 Å². The first-order chi connectivity index (χ1) is 8.16. The van der Waals surface area contributed by atoms with Crippen LogP contribution in [0.3, 0.4) is 0 Å². The van der Waals surface area contributed by atoms with Crippen LogP contribution in [0.25, 0.3) is 0 Å². The van der Waals surface area contributed by atoms with Crippen molar-refractivity contribution < 1.29 is 4.39 Å². The molecule has 17 heavy (non-hydrogen) atoms. The van der Waals surface area contributed by atoms with Crippen molar-refractivity contribution in [3.63, 3.8) is 0 Å². The van der Waals surface area contributed by atoms with Gasteiger partial charge in [0.25, 0.3) is 0 Å². The Balaban J connectivity index is 2.08. The van der Waals surface area contributed by atoms with E-state index < -0.39 is 5.82 Å². The summed E-state index contributed by atoms with van der Waals surface area (Å²) in [5.74, 6) is -0.401. The molecule has 0 aliphatic carbocycles. The molecule has 2 nitrogen and oxygen atoms in total. The van der Waals surface area contributed by atoms with Crippen LogP contribution in [0, 0.1) is 5.82 Å². The molecule has 3 N–H and O–H groups in total. The van der Waals surface area contributed by atoms with Crippen LogP contribution in [0.2, 0.25) is 0 Å². The van der Waals surface area contributed by atoms with E-state index >= 15 is 0 Å². The van der Waals surface area contributed by atoms with E-state index in [1.165, 1.54) is 6.07 Å². The van der Waals surface area contributed by atoms with Crippen LogP contribution in [-0.4, -0.2) is 0 Å². The fourth-order valence-electron chi connectivity index (χ4n) is 1.48. The van der Waals surface area contributed by atoms with Crippen LogP contribution >= 0.6 is 15.9 Å². The van der Waals surface area contributed by atoms with Crippen molar-refractivity contribution >= 4 is 27.3 Å². The van der Waals surface area contributed by atoms with Crippen molar-refractivity contribution in [3.05, 3.63) is 58.3 Å². The van der Waals surface area contributed by atoms with E-state index in [0.717, 1.165) is 10.0 Å². The van der Waals surface area contributed by atoms with Crippen molar-refractivity contribution in [2.45, 2.75) is 6.54 Å². The molecular weight excluding hydrogens is 283 g/mol. The fourth-order valence-corrected chi connectivity index (χ4v) is 1.90. The predicted octanol–water partition coefficient (Wildman–Crippen LogP) is 3.78. The van der Waals surface area contributed by atoms with Gasteiger partial charge in [0.15, 0.2) is 0 Å². The second kappa shape index (κ2) is 5.19. The summed E-state index contributed by atoms with van der Waals surface area (Å²) < 4.78 is 14.2. The van der Waals surface area contributed by atoms with Gasteiger partial charge < -0.3 is 11.1 Å². The van der Waals surface area contributed by atoms with Gasteiger partial charge in [-0.2, -0.15) is 0 Å². The molecule has 0 aliphatic heterocycles. The lowest BCUT2D eigenvalue weighted by atomic mass is 10.2. The third kappa shape index (κ3) is 2.97. The van der Waals surface area contributed by atoms with Gasteiger partial charge in [-0.15, -0.1) is 0 Å². The largest absolute Gasteiger partial charge is 0.396 e. The van der Waals surface area contributed by atoms with E-state index in [2.05, 4.69) is 21.2 Å². The maximum Gasteiger partial charge on any atom is 0.148 e. The molecule has 0 fully saturated rings. The molecule has 0 radical (unpaired) electrons. The molecule has 88 valence electrons. The van der Waals surface area contributed by atoms with E-state index in [0.29, 0.717) is 12.2 Å². The van der Waals surface area contributed by atoms with E-state index in [1.807, 2.05) is 24.3 Å². The molecule has 0 atom stereocenters. The van der Waals surface area contributed by atoms with Crippen molar-refractivity contribution in [2.24, 2.45) is 0 Å². The quantitative estimate of drug-likeness (QED) is 0.846. The summed E-state index contributed by atoms with van der Waals surface area (Å²) in [6, 6.07) is 12.6. The molecule has 0 amide bonds. The lowest BCUT2D eigenvalue weighted by Crippen LogP contribution is -2.01. The predicted molar refractivity (Wildman–Crippen MR) is 72.3 cm³/mol. The van der Waals surface area contributed by atoms with Crippen molar-refractivity contribution in [3.8, 4) is 0 Å². The van der Waals surface area contributed by atoms with E-state index in [-0.39, 0.29) is 5.69 Å². The first-order valence-corrected chi connectivity index (χ1v) is 5.98. The minimum absolute atomic E-state index is 0.163. The Morgan fingerprint density at radius 2 is 1.94 bits per heavy atom. The highest BCUT2D eigenvalue weighted by atomic mass is 79.9. The topological polar surface area (TPSA) is 38.0 Å². The minimum atomic E-state index is -0.401. The molecule has 0 aliphatic rings. The van der Waals surface area contributed by atoms with Gasteiger partial charge in [-0.05, 0) is 29.8 Å². The number of nitrogens with one attached hydrogen (secondary N) is 1. The molecule has 2 aromatic rings. The number of hydrogen-bond acceptors (Lipinski definition) is 2. The zero-order chi connectivity index (χ0) is 12.3. The summed E-state index contributed by atoms with van der Waals surface area (Å²) in [6.07, 6.45) is 0. The first-order valence-electron chi connectivity index (χ1n) is 5.19. The van der Waals surface area contributed by atoms with E-state index in [9.17, 15) is 4.39 Å². The molecule has 0 heterocycles. The third-order valence-electron chi connectivity index (χ3n) is 2.44. The van der Waals surface area contributed by atoms with Crippen LogP contribution in [0.15, 0.2) is 46.9 Å². The summed E-state index contributed by atoms with van der Waals surface area (Å²) in [7, 11) is 0. The Kier molecular flexibility index (Phi) is 3.64. The van der Waals surface area contributed by atoms with Gasteiger partial charge in [0.05, 0.1) is 5.69 Å². The lowest BCUT2D eigenvalue weighted by molar-refractivity contribution is 0.633. The number of nitrogen functional groups attached to an aromatic ring is 1. The zero-order valence-corrected chi connectivity index (χ0v) is 10.7. The molecular formula is C13H12BrFN2. The standard InChI is InChI=1S/C13H12BrFN2/c14-11-4-2-1-3-9(11)8-17-10-5-6-13(16)12(15)7-10/h1-7,17H,8,16H2. The molecule has 0 saturated carbocycles. The maximum absolute atomic E-state index is 13.2. The van der Waals surface area contributed by atoms with Crippen LogP contribution < -0.4 is 11.1 Å². The zero-order valence-electron chi connectivity index (χ0n) is 9.08. The molecule has 0 aromatic heterocycles. The third-order valence-corrected chi connectivity index (χ3v) is 3.21. The van der Waals surface area contributed by atoms with Crippen LogP contribution in [0.5, 0.6) is 0 Å². The van der Waals surface area contributed by atoms with Gasteiger partial charge >= 0.3 is 0 Å². The second-order valence-electron chi connectivity index (χ2n) is 3.68. The van der Waals surface area contributed by atoms with Gasteiger partial charge in [-0.25, -0.2) is 4.39 Å². The highest BCUT2D eigenvalue weighted by Gasteiger charge is 2.01. The first kappa shape index (κ1) is 11.9. The van der Waals surface area contributed by atoms with Gasteiger partial charge in [0.2, 0.25) is 0 Å². The number of nitrogens with two attached hydrogens (primary N) is 1. The summed E-state index contributed by atoms with van der Waals surface area (Å²) >= 11 is 3.46. The molecule has 2 rings (SSSR count). The Labute approximate surface area is 108 Å². The lowest BCUT2D eigenvalue weighted by Gasteiger charge is -2.08. The summed E-state index contributed by atoms with van der Waals surface area (Å²) in [5.41, 5.74) is 7.40. The summed E-state index contributed by atoms with van der Waals surface area (Å²) in [4.78, 5) is 0. The molecule has 0 unspecified atom stereocenters. The number of anilines is 2. The monoisotopic (exact) mass is 294 g/mol. The van der Waals surface area contributed by atoms with Crippen molar-refractivity contribution in [1.82, 2.24) is 0 Å². The van der Waals surface area contributed by atoms with E-state index in [4.69, 9.17) is 5.73 Å². The van der Waals surface area contributed by atoms with Crippen LogP contribution in [0.4, 0.5) is 15.8 Å². The molecule has 2 aromatic carbocycles. The summed E-state index contributed by atoms with van der Waals surface area (Å²) in [5, 5.41) is 3.14. The number of hydrogen-bond donors (Lipinski definition) is 2. The minimum Gasteiger partial charge on any atom is -0.396 e. The van der Waals surface area contributed by atoms with Crippen LogP contribution in [0.1, 0.15) is 5.56 Å². The Morgan fingerprint density at radius 3 is 2.65 bits per heavy atom. The highest BCUT2D eigenvalue weighted by Crippen LogP contribution is 2.19. The number of halogens is 2. The molecule has 0 spiro atoms. The number of rotatable bonds is 3. The number of benzene rings is 2. The normalized spacial score (nSPS) is 10.2. The van der Waals surface area contributed by atoms with Crippen LogP contribution in [-0.2, 0) is 6.54 Å². The average Bonchev–Trinajstić information content (AvgIpc) is 2.32. The van der Waals surface area contributed by atoms with Gasteiger partial charge in [0.1, 0.15) is 5.82 Å². The summed E-state index contributed by atoms with van der Waals surface area (Å²) in [6.45, 7) is 0.630. The van der Waals surface area contributed by atoms with Gasteiger partial charge in [-0.3, -0.25) is 0 Å². The molecule has 4 heteroatoms. The Bertz CT molecular complexity index is 529. The fraction of sp³-hybridized carbons (Fsp3) is 0.0769. The Morgan fingerprint density at radius 1 is 1.18 bits per heavy atom. The second-order valence-corrected chi connectivity index (χ2v) is 4.54. The van der Waals surface area contributed by atoms with Gasteiger partial charge in [-0.1, -0.05) is 34.1 Å². The van der Waals surface area contributed by atoms with Crippen molar-refractivity contribution in [2.75, 3.05) is 11.1 Å². The highest BCUT2D eigenvalue weighted by molar-refractivity contribution is 9.10. The molecule has 0 saturated heterocycles. The van der Waals surface area contributed by atoms with E-state index in [1.54, 1.807) is 12.1 Å².